The predicted octanol–water partition coefficient (Wildman–Crippen LogP) is 3.91. The fourth-order valence-corrected chi connectivity index (χ4v) is 3.80. The van der Waals surface area contributed by atoms with E-state index in [4.69, 9.17) is 11.6 Å². The summed E-state index contributed by atoms with van der Waals surface area (Å²) >= 11 is 6.66. The van der Waals surface area contributed by atoms with Gasteiger partial charge in [0.05, 0.1) is 10.9 Å². The van der Waals surface area contributed by atoms with Crippen molar-refractivity contribution in [2.45, 2.75) is 25.2 Å². The van der Waals surface area contributed by atoms with Crippen molar-refractivity contribution < 1.29 is 9.59 Å². The van der Waals surface area contributed by atoms with Crippen LogP contribution in [0.5, 0.6) is 0 Å². The Balaban J connectivity index is 1.59. The maximum absolute atomic E-state index is 12.2. The molecule has 3 aromatic rings. The molecule has 0 spiro atoms. The van der Waals surface area contributed by atoms with Crippen molar-refractivity contribution in [1.82, 2.24) is 15.3 Å². The third-order valence-electron chi connectivity index (χ3n) is 4.89. The Labute approximate surface area is 167 Å². The molecule has 1 aromatic heterocycles. The predicted molar refractivity (Wildman–Crippen MR) is 107 cm³/mol. The average molecular weight is 392 g/mol. The highest BCUT2D eigenvalue weighted by molar-refractivity contribution is 6.34. The van der Waals surface area contributed by atoms with E-state index in [0.717, 1.165) is 28.1 Å². The molecule has 1 aliphatic heterocycles. The summed E-state index contributed by atoms with van der Waals surface area (Å²) in [5.74, 6) is -0.146. The van der Waals surface area contributed by atoms with Crippen molar-refractivity contribution in [2.75, 3.05) is 0 Å². The van der Waals surface area contributed by atoms with Gasteiger partial charge in [0.15, 0.2) is 0 Å². The minimum atomic E-state index is -0.403. The van der Waals surface area contributed by atoms with Crippen LogP contribution in [0.4, 0.5) is 0 Å². The maximum atomic E-state index is 12.2. The molecule has 4 rings (SSSR count). The summed E-state index contributed by atoms with van der Waals surface area (Å²) in [4.78, 5) is 32.1. The Morgan fingerprint density at radius 3 is 2.46 bits per heavy atom. The standard InChI is InChI=1S/C22H18ClN3O2/c23-21-16(3-1-4-17(21)18-9-10-20(27)26-22(18)28)15-7-5-14(6-8-15)13-19-24-11-2-12-25-19/h1-8,11-12,18H,9-10,13H2,(H,26,27,28). The van der Waals surface area contributed by atoms with E-state index in [-0.39, 0.29) is 11.8 Å². The molecule has 2 aromatic carbocycles. The van der Waals surface area contributed by atoms with Crippen LogP contribution < -0.4 is 5.32 Å². The first-order chi connectivity index (χ1) is 13.6. The van der Waals surface area contributed by atoms with Crippen LogP contribution in [0.25, 0.3) is 11.1 Å². The van der Waals surface area contributed by atoms with Gasteiger partial charge in [0.1, 0.15) is 5.82 Å². The first-order valence-electron chi connectivity index (χ1n) is 9.09. The molecule has 0 radical (unpaired) electrons. The molecule has 2 heterocycles. The van der Waals surface area contributed by atoms with E-state index in [2.05, 4.69) is 15.3 Å². The van der Waals surface area contributed by atoms with Crippen LogP contribution in [0, 0.1) is 0 Å². The SMILES string of the molecule is O=C1CCC(c2cccc(-c3ccc(Cc4ncccn4)cc3)c2Cl)C(=O)N1. The molecule has 1 N–H and O–H groups in total. The number of imide groups is 1. The highest BCUT2D eigenvalue weighted by atomic mass is 35.5. The van der Waals surface area contributed by atoms with Crippen LogP contribution in [-0.2, 0) is 16.0 Å². The summed E-state index contributed by atoms with van der Waals surface area (Å²) in [7, 11) is 0. The number of halogens is 1. The summed E-state index contributed by atoms with van der Waals surface area (Å²) in [6, 6.07) is 15.6. The van der Waals surface area contributed by atoms with Crippen LogP contribution in [0.15, 0.2) is 60.9 Å². The van der Waals surface area contributed by atoms with Crippen molar-refractivity contribution in [3.05, 3.63) is 82.9 Å². The number of nitrogens with one attached hydrogen (secondary N) is 1. The number of hydrogen-bond donors (Lipinski definition) is 1. The normalized spacial score (nSPS) is 16.7. The number of carbonyl (C=O) groups is 2. The summed E-state index contributed by atoms with van der Waals surface area (Å²) in [5.41, 5.74) is 3.70. The lowest BCUT2D eigenvalue weighted by molar-refractivity contribution is -0.134. The Morgan fingerprint density at radius 1 is 1.00 bits per heavy atom. The van der Waals surface area contributed by atoms with Crippen molar-refractivity contribution in [1.29, 1.82) is 0 Å². The Bertz CT molecular complexity index is 1020. The molecule has 0 saturated carbocycles. The molecule has 1 unspecified atom stereocenters. The lowest BCUT2D eigenvalue weighted by Gasteiger charge is -2.23. The van der Waals surface area contributed by atoms with Crippen molar-refractivity contribution in [3.63, 3.8) is 0 Å². The average Bonchev–Trinajstić information content (AvgIpc) is 2.70. The number of aromatic nitrogens is 2. The zero-order chi connectivity index (χ0) is 19.5. The minimum Gasteiger partial charge on any atom is -0.296 e. The maximum Gasteiger partial charge on any atom is 0.234 e. The fraction of sp³-hybridized carbons (Fsp3) is 0.182. The molecular weight excluding hydrogens is 374 g/mol. The number of hydrogen-bond acceptors (Lipinski definition) is 4. The third kappa shape index (κ3) is 3.80. The largest absolute Gasteiger partial charge is 0.296 e. The zero-order valence-electron chi connectivity index (χ0n) is 15.1. The number of amides is 2. The smallest absolute Gasteiger partial charge is 0.234 e. The number of nitrogens with zero attached hydrogens (tertiary/aromatic N) is 2. The van der Waals surface area contributed by atoms with E-state index in [1.807, 2.05) is 42.5 Å². The fourth-order valence-electron chi connectivity index (χ4n) is 3.44. The molecule has 5 nitrogen and oxygen atoms in total. The van der Waals surface area contributed by atoms with Gasteiger partial charge in [-0.2, -0.15) is 0 Å². The monoisotopic (exact) mass is 391 g/mol. The van der Waals surface area contributed by atoms with Crippen molar-refractivity contribution >= 4 is 23.4 Å². The van der Waals surface area contributed by atoms with Gasteiger partial charge in [0, 0.05) is 30.8 Å². The van der Waals surface area contributed by atoms with Gasteiger partial charge in [-0.05, 0) is 29.2 Å². The lowest BCUT2D eigenvalue weighted by Crippen LogP contribution is -2.39. The Hall–Kier alpha value is -3.05. The molecule has 1 aliphatic rings. The molecule has 1 saturated heterocycles. The Kier molecular flexibility index (Phi) is 5.17. The molecule has 28 heavy (non-hydrogen) atoms. The summed E-state index contributed by atoms with van der Waals surface area (Å²) in [5, 5.41) is 2.95. The van der Waals surface area contributed by atoms with Gasteiger partial charge in [-0.25, -0.2) is 9.97 Å². The molecule has 0 bridgehead atoms. The van der Waals surface area contributed by atoms with E-state index in [1.165, 1.54) is 0 Å². The molecule has 1 fully saturated rings. The van der Waals surface area contributed by atoms with Crippen LogP contribution >= 0.6 is 11.6 Å². The molecule has 0 aliphatic carbocycles. The van der Waals surface area contributed by atoms with Gasteiger partial charge >= 0.3 is 0 Å². The van der Waals surface area contributed by atoms with Gasteiger partial charge in [-0.1, -0.05) is 54.1 Å². The van der Waals surface area contributed by atoms with E-state index in [0.29, 0.717) is 24.3 Å². The highest BCUT2D eigenvalue weighted by Crippen LogP contribution is 2.37. The second kappa shape index (κ2) is 7.90. The van der Waals surface area contributed by atoms with Gasteiger partial charge in [-0.15, -0.1) is 0 Å². The molecular formula is C22H18ClN3O2. The van der Waals surface area contributed by atoms with Crippen molar-refractivity contribution in [3.8, 4) is 11.1 Å². The van der Waals surface area contributed by atoms with Gasteiger partial charge in [-0.3, -0.25) is 14.9 Å². The number of benzene rings is 2. The molecule has 140 valence electrons. The second-order valence-electron chi connectivity index (χ2n) is 6.75. The quantitative estimate of drug-likeness (QED) is 0.684. The van der Waals surface area contributed by atoms with Crippen LogP contribution in [0.1, 0.15) is 35.7 Å². The first kappa shape index (κ1) is 18.3. The van der Waals surface area contributed by atoms with Gasteiger partial charge < -0.3 is 0 Å². The summed E-state index contributed by atoms with van der Waals surface area (Å²) in [6.07, 6.45) is 4.93. The van der Waals surface area contributed by atoms with Crippen LogP contribution in [-0.4, -0.2) is 21.8 Å². The molecule has 1 atom stereocenters. The third-order valence-corrected chi connectivity index (χ3v) is 5.31. The molecule has 6 heteroatoms. The van der Waals surface area contributed by atoms with E-state index in [1.54, 1.807) is 18.5 Å². The highest BCUT2D eigenvalue weighted by Gasteiger charge is 2.30. The number of carbonyl (C=O) groups excluding carboxylic acids is 2. The number of rotatable bonds is 4. The topological polar surface area (TPSA) is 72.0 Å². The van der Waals surface area contributed by atoms with Crippen LogP contribution in [0.2, 0.25) is 5.02 Å². The number of piperidine rings is 1. The summed E-state index contributed by atoms with van der Waals surface area (Å²) < 4.78 is 0. The zero-order valence-corrected chi connectivity index (χ0v) is 15.8. The minimum absolute atomic E-state index is 0.230. The second-order valence-corrected chi connectivity index (χ2v) is 7.13. The lowest BCUT2D eigenvalue weighted by atomic mass is 9.88. The van der Waals surface area contributed by atoms with E-state index >= 15 is 0 Å². The first-order valence-corrected chi connectivity index (χ1v) is 9.47. The molecule has 2 amide bonds. The van der Waals surface area contributed by atoms with Crippen molar-refractivity contribution in [2.24, 2.45) is 0 Å². The summed E-state index contributed by atoms with van der Waals surface area (Å²) in [6.45, 7) is 0. The van der Waals surface area contributed by atoms with E-state index in [9.17, 15) is 9.59 Å². The van der Waals surface area contributed by atoms with Crippen LogP contribution in [0.3, 0.4) is 0 Å². The van der Waals surface area contributed by atoms with Gasteiger partial charge in [0.2, 0.25) is 11.8 Å². The van der Waals surface area contributed by atoms with E-state index < -0.39 is 5.92 Å². The Morgan fingerprint density at radius 2 is 1.75 bits per heavy atom. The van der Waals surface area contributed by atoms with Gasteiger partial charge in [0.25, 0.3) is 0 Å².